The summed E-state index contributed by atoms with van der Waals surface area (Å²) >= 11 is 0. The number of aliphatic hydroxyl groups is 1. The predicted molar refractivity (Wildman–Crippen MR) is 58.8 cm³/mol. The highest BCUT2D eigenvalue weighted by molar-refractivity contribution is 6.06. The summed E-state index contributed by atoms with van der Waals surface area (Å²) in [5, 5.41) is 10.5. The van der Waals surface area contributed by atoms with Crippen LogP contribution in [0.4, 0.5) is 0 Å². The van der Waals surface area contributed by atoms with Crippen LogP contribution in [-0.2, 0) is 14.3 Å². The van der Waals surface area contributed by atoms with Gasteiger partial charge in [-0.2, -0.15) is 0 Å². The van der Waals surface area contributed by atoms with Crippen molar-refractivity contribution >= 4 is 11.8 Å². The molecule has 1 fully saturated rings. The van der Waals surface area contributed by atoms with Crippen LogP contribution < -0.4 is 0 Å². The van der Waals surface area contributed by atoms with E-state index in [-0.39, 0.29) is 5.78 Å². The molecule has 1 aliphatic rings. The molecule has 0 aliphatic carbocycles. The zero-order valence-corrected chi connectivity index (χ0v) is 10.6. The molecule has 2 atom stereocenters. The summed E-state index contributed by atoms with van der Waals surface area (Å²) in [4.78, 5) is 23.8. The van der Waals surface area contributed by atoms with Crippen molar-refractivity contribution in [3.63, 3.8) is 0 Å². The highest BCUT2D eigenvalue weighted by atomic mass is 16.6. The zero-order valence-electron chi connectivity index (χ0n) is 10.6. The Kier molecular flexibility index (Phi) is 2.92. The molecule has 16 heavy (non-hydrogen) atoms. The first-order valence-electron chi connectivity index (χ1n) is 5.60. The van der Waals surface area contributed by atoms with Crippen molar-refractivity contribution in [1.29, 1.82) is 0 Å². The van der Waals surface area contributed by atoms with Gasteiger partial charge in [0.15, 0.2) is 5.41 Å². The van der Waals surface area contributed by atoms with Crippen LogP contribution in [0.25, 0.3) is 0 Å². The third-order valence-corrected chi connectivity index (χ3v) is 3.93. The van der Waals surface area contributed by atoms with Gasteiger partial charge < -0.3 is 9.84 Å². The summed E-state index contributed by atoms with van der Waals surface area (Å²) < 4.78 is 5.18. The Hall–Kier alpha value is -0.900. The number of esters is 1. The number of hydrogen-bond acceptors (Lipinski definition) is 4. The number of carbonyl (C=O) groups excluding carboxylic acids is 2. The molecule has 2 unspecified atom stereocenters. The van der Waals surface area contributed by atoms with Gasteiger partial charge in [0, 0.05) is 0 Å². The van der Waals surface area contributed by atoms with Crippen LogP contribution in [-0.4, -0.2) is 28.1 Å². The van der Waals surface area contributed by atoms with E-state index in [0.29, 0.717) is 12.8 Å². The van der Waals surface area contributed by atoms with E-state index >= 15 is 0 Å². The molecule has 0 amide bonds. The van der Waals surface area contributed by atoms with Gasteiger partial charge in [-0.1, -0.05) is 13.3 Å². The lowest BCUT2D eigenvalue weighted by molar-refractivity contribution is -0.156. The van der Waals surface area contributed by atoms with Crippen molar-refractivity contribution in [3.05, 3.63) is 0 Å². The predicted octanol–water partition coefficient (Wildman–Crippen LogP) is 1.45. The third-order valence-electron chi connectivity index (χ3n) is 3.93. The van der Waals surface area contributed by atoms with Crippen LogP contribution >= 0.6 is 0 Å². The van der Waals surface area contributed by atoms with Gasteiger partial charge in [-0.05, 0) is 34.1 Å². The first-order valence-corrected chi connectivity index (χ1v) is 5.60. The van der Waals surface area contributed by atoms with E-state index in [1.807, 2.05) is 6.92 Å². The van der Waals surface area contributed by atoms with Gasteiger partial charge in [0.05, 0.1) is 0 Å². The summed E-state index contributed by atoms with van der Waals surface area (Å²) in [6.07, 6.45) is 0.957. The molecule has 1 rings (SSSR count). The Balaban J connectivity index is 3.38. The normalized spacial score (nSPS) is 37.2. The van der Waals surface area contributed by atoms with Crippen molar-refractivity contribution in [3.8, 4) is 0 Å². The second-order valence-corrected chi connectivity index (χ2v) is 5.18. The van der Waals surface area contributed by atoms with Gasteiger partial charge in [0.2, 0.25) is 0 Å². The molecule has 1 aliphatic heterocycles. The SMILES string of the molecule is CCCC1(C(C)=O)C(=O)OC(C)(C)C1(C)O. The number of ketones is 1. The van der Waals surface area contributed by atoms with Crippen LogP contribution in [0.3, 0.4) is 0 Å². The lowest BCUT2D eigenvalue weighted by Crippen LogP contribution is -2.57. The number of Topliss-reactive ketones (excluding diaryl/α,β-unsaturated/α-hetero) is 1. The summed E-state index contributed by atoms with van der Waals surface area (Å²) in [7, 11) is 0. The Morgan fingerprint density at radius 1 is 1.38 bits per heavy atom. The molecule has 0 aromatic rings. The molecular formula is C12H20O4. The molecule has 4 nitrogen and oxygen atoms in total. The molecule has 0 saturated carbocycles. The minimum absolute atomic E-state index is 0.317. The fourth-order valence-corrected chi connectivity index (χ4v) is 2.51. The van der Waals surface area contributed by atoms with Crippen LogP contribution in [0.2, 0.25) is 0 Å². The van der Waals surface area contributed by atoms with Gasteiger partial charge in [-0.25, -0.2) is 0 Å². The van der Waals surface area contributed by atoms with E-state index in [1.54, 1.807) is 13.8 Å². The number of carbonyl (C=O) groups is 2. The average Bonchev–Trinajstić information content (AvgIpc) is 2.23. The molecular weight excluding hydrogens is 208 g/mol. The largest absolute Gasteiger partial charge is 0.456 e. The Morgan fingerprint density at radius 2 is 1.88 bits per heavy atom. The lowest BCUT2D eigenvalue weighted by Gasteiger charge is -2.39. The first-order chi connectivity index (χ1) is 7.13. The second kappa shape index (κ2) is 3.55. The first kappa shape index (κ1) is 13.2. The van der Waals surface area contributed by atoms with E-state index in [0.717, 1.165) is 0 Å². The van der Waals surface area contributed by atoms with Crippen molar-refractivity contribution in [1.82, 2.24) is 0 Å². The minimum Gasteiger partial charge on any atom is -0.456 e. The van der Waals surface area contributed by atoms with E-state index in [4.69, 9.17) is 4.74 Å². The maximum absolute atomic E-state index is 12.0. The molecule has 0 bridgehead atoms. The standard InChI is InChI=1S/C12H20O4/c1-6-7-12(8(2)13)9(14)16-10(3,4)11(12,5)15/h15H,6-7H2,1-5H3. The van der Waals surface area contributed by atoms with E-state index in [2.05, 4.69) is 0 Å². The average molecular weight is 228 g/mol. The third kappa shape index (κ3) is 1.32. The van der Waals surface area contributed by atoms with Gasteiger partial charge in [0.1, 0.15) is 17.0 Å². The number of hydrogen-bond donors (Lipinski definition) is 1. The summed E-state index contributed by atoms with van der Waals surface area (Å²) in [6.45, 7) is 7.98. The lowest BCUT2D eigenvalue weighted by atomic mass is 9.64. The number of cyclic esters (lactones) is 1. The van der Waals surface area contributed by atoms with Gasteiger partial charge in [-0.3, -0.25) is 9.59 Å². The van der Waals surface area contributed by atoms with Gasteiger partial charge in [0.25, 0.3) is 0 Å². The van der Waals surface area contributed by atoms with Crippen LogP contribution in [0, 0.1) is 5.41 Å². The van der Waals surface area contributed by atoms with Gasteiger partial charge in [-0.15, -0.1) is 0 Å². The van der Waals surface area contributed by atoms with E-state index in [9.17, 15) is 14.7 Å². The highest BCUT2D eigenvalue weighted by Gasteiger charge is 2.70. The quantitative estimate of drug-likeness (QED) is 0.586. The van der Waals surface area contributed by atoms with Crippen molar-refractivity contribution in [2.75, 3.05) is 0 Å². The van der Waals surface area contributed by atoms with E-state index < -0.39 is 22.6 Å². The molecule has 0 spiro atoms. The molecule has 0 aromatic heterocycles. The molecule has 1 N–H and O–H groups in total. The molecule has 92 valence electrons. The maximum Gasteiger partial charge on any atom is 0.323 e. The summed E-state index contributed by atoms with van der Waals surface area (Å²) in [6, 6.07) is 0. The number of ether oxygens (including phenoxy) is 1. The van der Waals surface area contributed by atoms with E-state index in [1.165, 1.54) is 13.8 Å². The Bertz CT molecular complexity index is 330. The molecule has 1 saturated heterocycles. The van der Waals surface area contributed by atoms with Crippen LogP contribution in [0.15, 0.2) is 0 Å². The molecule has 4 heteroatoms. The van der Waals surface area contributed by atoms with Crippen LogP contribution in [0.1, 0.15) is 47.5 Å². The van der Waals surface area contributed by atoms with Crippen molar-refractivity contribution < 1.29 is 19.4 Å². The molecule has 0 radical (unpaired) electrons. The van der Waals surface area contributed by atoms with Crippen molar-refractivity contribution in [2.24, 2.45) is 5.41 Å². The van der Waals surface area contributed by atoms with Crippen LogP contribution in [0.5, 0.6) is 0 Å². The Morgan fingerprint density at radius 3 is 2.12 bits per heavy atom. The maximum atomic E-state index is 12.0. The molecule has 1 heterocycles. The zero-order chi connectivity index (χ0) is 12.8. The smallest absolute Gasteiger partial charge is 0.323 e. The van der Waals surface area contributed by atoms with Gasteiger partial charge >= 0.3 is 5.97 Å². The highest BCUT2D eigenvalue weighted by Crippen LogP contribution is 2.52. The van der Waals surface area contributed by atoms with Crippen molar-refractivity contribution in [2.45, 2.75) is 58.7 Å². The topological polar surface area (TPSA) is 63.6 Å². The number of rotatable bonds is 3. The minimum atomic E-state index is -1.47. The monoisotopic (exact) mass is 228 g/mol. The second-order valence-electron chi connectivity index (χ2n) is 5.18. The Labute approximate surface area is 96.0 Å². The fourth-order valence-electron chi connectivity index (χ4n) is 2.51. The fraction of sp³-hybridized carbons (Fsp3) is 0.833. The summed E-state index contributed by atoms with van der Waals surface area (Å²) in [5.74, 6) is -0.924. The summed E-state index contributed by atoms with van der Waals surface area (Å²) in [5.41, 5.74) is -3.92. The molecule has 0 aromatic carbocycles.